The summed E-state index contributed by atoms with van der Waals surface area (Å²) in [4.78, 5) is 11.7. The average Bonchev–Trinajstić information content (AvgIpc) is 2.65. The van der Waals surface area contributed by atoms with Crippen molar-refractivity contribution in [2.45, 2.75) is 24.8 Å². The van der Waals surface area contributed by atoms with Gasteiger partial charge in [0.05, 0.1) is 18.1 Å². The van der Waals surface area contributed by atoms with Crippen molar-refractivity contribution < 1.29 is 35.9 Å². The van der Waals surface area contributed by atoms with Crippen LogP contribution in [-0.4, -0.2) is 67.4 Å². The lowest BCUT2D eigenvalue weighted by molar-refractivity contribution is -0.182. The molecule has 10 heteroatoms. The topological polar surface area (TPSA) is 74.7 Å². The lowest BCUT2D eigenvalue weighted by atomic mass is 10.2. The highest BCUT2D eigenvalue weighted by Crippen LogP contribution is 2.28. The summed E-state index contributed by atoms with van der Waals surface area (Å²) in [5.74, 6) is -7.90. The molecule has 1 aliphatic heterocycles. The van der Waals surface area contributed by atoms with Crippen molar-refractivity contribution in [2.75, 3.05) is 24.7 Å². The summed E-state index contributed by atoms with van der Waals surface area (Å²) in [5.41, 5.74) is 0. The van der Waals surface area contributed by atoms with Gasteiger partial charge in [-0.25, -0.2) is 17.2 Å². The van der Waals surface area contributed by atoms with Gasteiger partial charge in [-0.3, -0.25) is 4.79 Å². The lowest BCUT2D eigenvalue weighted by Crippen LogP contribution is -2.53. The third kappa shape index (κ3) is 3.56. The lowest BCUT2D eigenvalue weighted by Gasteiger charge is -2.30. The molecule has 1 atom stereocenters. The monoisotopic (exact) mass is 307 g/mol. The summed E-state index contributed by atoms with van der Waals surface area (Å²) in [5, 5.41) is 8.70. The van der Waals surface area contributed by atoms with E-state index in [4.69, 9.17) is 5.11 Å². The minimum atomic E-state index is -4.89. The maximum atomic E-state index is 13.0. The standard InChI is InChI=1S/C9H13F4NO4S/c10-7(11)9(12,13)8(16)14(2-3-15)6-1-4-19(17,18)5-6/h6-7,15H,1-5H2. The Labute approximate surface area is 107 Å². The van der Waals surface area contributed by atoms with E-state index in [1.807, 2.05) is 0 Å². The molecular formula is C9H13F4NO4S. The van der Waals surface area contributed by atoms with Crippen LogP contribution in [0.2, 0.25) is 0 Å². The molecule has 0 aromatic carbocycles. The fourth-order valence-corrected chi connectivity index (χ4v) is 3.59. The Balaban J connectivity index is 2.93. The maximum Gasteiger partial charge on any atom is 0.383 e. The number of hydrogen-bond acceptors (Lipinski definition) is 4. The molecular weight excluding hydrogens is 294 g/mol. The normalized spacial score (nSPS) is 22.7. The molecule has 1 amide bonds. The molecule has 0 bridgehead atoms. The SMILES string of the molecule is O=C(N(CCO)C1CCS(=O)(=O)C1)C(F)(F)C(F)F. The van der Waals surface area contributed by atoms with E-state index in [-0.39, 0.29) is 12.2 Å². The van der Waals surface area contributed by atoms with Crippen LogP contribution in [0.15, 0.2) is 0 Å². The number of sulfone groups is 1. The van der Waals surface area contributed by atoms with E-state index in [0.717, 1.165) is 0 Å². The minimum absolute atomic E-state index is 0.104. The number of nitrogens with zero attached hydrogens (tertiary/aromatic N) is 1. The fraction of sp³-hybridized carbons (Fsp3) is 0.889. The van der Waals surface area contributed by atoms with Gasteiger partial charge in [0.25, 0.3) is 5.91 Å². The third-order valence-corrected chi connectivity index (χ3v) is 4.56. The van der Waals surface area contributed by atoms with E-state index in [0.29, 0.717) is 4.90 Å². The van der Waals surface area contributed by atoms with Crippen LogP contribution in [0.3, 0.4) is 0 Å². The smallest absolute Gasteiger partial charge is 0.383 e. The molecule has 1 fully saturated rings. The Bertz CT molecular complexity index is 440. The van der Waals surface area contributed by atoms with Crippen LogP contribution in [0.25, 0.3) is 0 Å². The van der Waals surface area contributed by atoms with Crippen LogP contribution in [0.4, 0.5) is 17.6 Å². The number of aliphatic hydroxyl groups excluding tert-OH is 1. The van der Waals surface area contributed by atoms with Crippen molar-refractivity contribution in [3.63, 3.8) is 0 Å². The number of hydrogen-bond donors (Lipinski definition) is 1. The number of halogens is 4. The van der Waals surface area contributed by atoms with Crippen molar-refractivity contribution in [1.29, 1.82) is 0 Å². The molecule has 0 aromatic rings. The van der Waals surface area contributed by atoms with E-state index in [2.05, 4.69) is 0 Å². The zero-order valence-electron chi connectivity index (χ0n) is 9.73. The van der Waals surface area contributed by atoms with E-state index in [1.165, 1.54) is 0 Å². The molecule has 112 valence electrons. The van der Waals surface area contributed by atoms with Crippen LogP contribution >= 0.6 is 0 Å². The molecule has 0 radical (unpaired) electrons. The molecule has 0 aromatic heterocycles. The highest BCUT2D eigenvalue weighted by atomic mass is 32.2. The number of aliphatic hydroxyl groups is 1. The summed E-state index contributed by atoms with van der Waals surface area (Å²) >= 11 is 0. The summed E-state index contributed by atoms with van der Waals surface area (Å²) in [6.45, 7) is -1.33. The van der Waals surface area contributed by atoms with Gasteiger partial charge < -0.3 is 10.0 Å². The van der Waals surface area contributed by atoms with Crippen LogP contribution in [0.5, 0.6) is 0 Å². The molecule has 0 saturated carbocycles. The van der Waals surface area contributed by atoms with Crippen molar-refractivity contribution in [3.8, 4) is 0 Å². The summed E-state index contributed by atoms with van der Waals surface area (Å²) < 4.78 is 72.7. The third-order valence-electron chi connectivity index (χ3n) is 2.81. The molecule has 0 aliphatic carbocycles. The first-order valence-corrected chi connectivity index (χ1v) is 7.22. The molecule has 0 spiro atoms. The van der Waals surface area contributed by atoms with Gasteiger partial charge in [0, 0.05) is 12.6 Å². The number of carbonyl (C=O) groups is 1. The average molecular weight is 307 g/mol. The van der Waals surface area contributed by atoms with E-state index in [9.17, 15) is 30.8 Å². The number of amides is 1. The molecule has 1 N–H and O–H groups in total. The predicted octanol–water partition coefficient (Wildman–Crippen LogP) is -0.105. The summed E-state index contributed by atoms with van der Waals surface area (Å²) in [6, 6.07) is -1.10. The van der Waals surface area contributed by atoms with Crippen molar-refractivity contribution in [1.82, 2.24) is 4.90 Å². The zero-order chi connectivity index (χ0) is 14.8. The Morgan fingerprint density at radius 1 is 1.42 bits per heavy atom. The number of alkyl halides is 4. The van der Waals surface area contributed by atoms with Crippen LogP contribution in [0.1, 0.15) is 6.42 Å². The highest BCUT2D eigenvalue weighted by molar-refractivity contribution is 7.91. The summed E-state index contributed by atoms with van der Waals surface area (Å²) in [7, 11) is -3.47. The predicted molar refractivity (Wildman–Crippen MR) is 56.8 cm³/mol. The van der Waals surface area contributed by atoms with Gasteiger partial charge in [0.15, 0.2) is 9.84 Å². The molecule has 1 unspecified atom stereocenters. The van der Waals surface area contributed by atoms with E-state index in [1.54, 1.807) is 0 Å². The molecule has 1 rings (SSSR count). The molecule has 1 heterocycles. The van der Waals surface area contributed by atoms with Crippen molar-refractivity contribution >= 4 is 15.7 Å². The van der Waals surface area contributed by atoms with E-state index >= 15 is 0 Å². The second-order valence-electron chi connectivity index (χ2n) is 4.20. The molecule has 1 aliphatic rings. The first-order valence-electron chi connectivity index (χ1n) is 5.40. The Morgan fingerprint density at radius 2 is 2.00 bits per heavy atom. The highest BCUT2D eigenvalue weighted by Gasteiger charge is 2.53. The maximum absolute atomic E-state index is 13.0. The fourth-order valence-electron chi connectivity index (χ4n) is 1.86. The van der Waals surface area contributed by atoms with Gasteiger partial charge in [-0.2, -0.15) is 8.78 Å². The Hall–Kier alpha value is -0.900. The van der Waals surface area contributed by atoms with Crippen LogP contribution in [0, 0.1) is 0 Å². The van der Waals surface area contributed by atoms with Gasteiger partial charge in [0.2, 0.25) is 0 Å². The van der Waals surface area contributed by atoms with Crippen molar-refractivity contribution in [3.05, 3.63) is 0 Å². The quantitative estimate of drug-likeness (QED) is 0.720. The van der Waals surface area contributed by atoms with Gasteiger partial charge in [0.1, 0.15) is 0 Å². The van der Waals surface area contributed by atoms with Crippen LogP contribution < -0.4 is 0 Å². The second kappa shape index (κ2) is 5.61. The number of rotatable bonds is 5. The van der Waals surface area contributed by atoms with Crippen molar-refractivity contribution in [2.24, 2.45) is 0 Å². The van der Waals surface area contributed by atoms with Crippen LogP contribution in [-0.2, 0) is 14.6 Å². The Morgan fingerprint density at radius 3 is 2.37 bits per heavy atom. The van der Waals surface area contributed by atoms with Gasteiger partial charge >= 0.3 is 12.3 Å². The van der Waals surface area contributed by atoms with E-state index < -0.39 is 53.0 Å². The summed E-state index contributed by atoms with van der Waals surface area (Å²) in [6.07, 6.45) is -4.29. The zero-order valence-corrected chi connectivity index (χ0v) is 10.5. The van der Waals surface area contributed by atoms with Gasteiger partial charge in [-0.05, 0) is 6.42 Å². The Kier molecular flexibility index (Phi) is 4.77. The molecule has 19 heavy (non-hydrogen) atoms. The largest absolute Gasteiger partial charge is 0.395 e. The molecule has 1 saturated heterocycles. The first-order chi connectivity index (χ1) is 8.62. The second-order valence-corrected chi connectivity index (χ2v) is 6.43. The molecule has 5 nitrogen and oxygen atoms in total. The minimum Gasteiger partial charge on any atom is -0.395 e. The first kappa shape index (κ1) is 16.2. The van der Waals surface area contributed by atoms with Gasteiger partial charge in [-0.1, -0.05) is 0 Å². The van der Waals surface area contributed by atoms with Gasteiger partial charge in [-0.15, -0.1) is 0 Å². The number of carbonyl (C=O) groups excluding carboxylic acids is 1.